The largest absolute Gasteiger partial charge is 0.481 e. The van der Waals surface area contributed by atoms with Crippen LogP contribution in [0.4, 0.5) is 0 Å². The second-order valence-electron chi connectivity index (χ2n) is 5.65. The maximum atomic E-state index is 12.3. The summed E-state index contributed by atoms with van der Waals surface area (Å²) in [7, 11) is 0. The zero-order chi connectivity index (χ0) is 14.4. The fraction of sp³-hybridized carbons (Fsp3) is 0.857. The summed E-state index contributed by atoms with van der Waals surface area (Å²) in [5.41, 5.74) is 0. The highest BCUT2D eigenvalue weighted by Gasteiger charge is 2.29. The molecule has 1 amide bonds. The molecule has 0 aromatic carbocycles. The first kappa shape index (κ1) is 15.6. The van der Waals surface area contributed by atoms with Crippen molar-refractivity contribution in [2.45, 2.75) is 38.1 Å². The van der Waals surface area contributed by atoms with Crippen LogP contribution < -0.4 is 5.32 Å². The van der Waals surface area contributed by atoms with Gasteiger partial charge in [0.05, 0.1) is 12.5 Å². The van der Waals surface area contributed by atoms with Gasteiger partial charge in [0.15, 0.2) is 0 Å². The summed E-state index contributed by atoms with van der Waals surface area (Å²) >= 11 is 1.75. The van der Waals surface area contributed by atoms with Crippen LogP contribution in [0.2, 0.25) is 0 Å². The molecule has 1 atom stereocenters. The van der Waals surface area contributed by atoms with Crippen molar-refractivity contribution in [3.05, 3.63) is 0 Å². The van der Waals surface area contributed by atoms with E-state index in [4.69, 9.17) is 5.11 Å². The normalized spacial score (nSPS) is 24.6. The molecule has 0 radical (unpaired) electrons. The Balaban J connectivity index is 1.80. The lowest BCUT2D eigenvalue weighted by molar-refractivity contribution is -0.140. The quantitative estimate of drug-likeness (QED) is 0.798. The molecular weight excluding hydrogens is 276 g/mol. The molecule has 0 aromatic heterocycles. The number of carboxylic acids is 1. The molecule has 0 spiro atoms. The SMILES string of the molecule is O=C(O)CC1CSCCN1C(=O)CCC1CCNCC1. The third kappa shape index (κ3) is 4.66. The van der Waals surface area contributed by atoms with E-state index in [9.17, 15) is 9.59 Å². The van der Waals surface area contributed by atoms with E-state index in [0.29, 0.717) is 18.9 Å². The molecule has 0 saturated carbocycles. The number of piperidine rings is 1. The van der Waals surface area contributed by atoms with Crippen LogP contribution in [0.5, 0.6) is 0 Å². The smallest absolute Gasteiger partial charge is 0.305 e. The van der Waals surface area contributed by atoms with E-state index in [2.05, 4.69) is 5.32 Å². The second kappa shape index (κ2) is 7.88. The van der Waals surface area contributed by atoms with Crippen molar-refractivity contribution >= 4 is 23.6 Å². The van der Waals surface area contributed by atoms with Gasteiger partial charge in [-0.15, -0.1) is 0 Å². The van der Waals surface area contributed by atoms with Gasteiger partial charge in [0.25, 0.3) is 0 Å². The molecule has 2 fully saturated rings. The topological polar surface area (TPSA) is 69.6 Å². The van der Waals surface area contributed by atoms with Crippen molar-refractivity contribution in [2.75, 3.05) is 31.1 Å². The zero-order valence-electron chi connectivity index (χ0n) is 11.8. The molecule has 0 aliphatic carbocycles. The van der Waals surface area contributed by atoms with Crippen molar-refractivity contribution in [1.29, 1.82) is 0 Å². The van der Waals surface area contributed by atoms with Crippen LogP contribution in [0.3, 0.4) is 0 Å². The predicted molar refractivity (Wildman–Crippen MR) is 79.9 cm³/mol. The Morgan fingerprint density at radius 1 is 1.30 bits per heavy atom. The summed E-state index contributed by atoms with van der Waals surface area (Å²) in [4.78, 5) is 25.0. The minimum atomic E-state index is -0.811. The Morgan fingerprint density at radius 3 is 2.75 bits per heavy atom. The average Bonchev–Trinajstić information content (AvgIpc) is 2.46. The number of amides is 1. The molecular formula is C14H24N2O3S. The number of rotatable bonds is 5. The van der Waals surface area contributed by atoms with Crippen molar-refractivity contribution in [3.63, 3.8) is 0 Å². The van der Waals surface area contributed by atoms with E-state index >= 15 is 0 Å². The lowest BCUT2D eigenvalue weighted by Gasteiger charge is -2.35. The summed E-state index contributed by atoms with van der Waals surface area (Å²) in [5, 5.41) is 12.3. The number of carboxylic acid groups (broad SMARTS) is 1. The number of aliphatic carboxylic acids is 1. The first-order valence-corrected chi connectivity index (χ1v) is 8.62. The molecule has 6 heteroatoms. The predicted octanol–water partition coefficient (Wildman–Crippen LogP) is 1.18. The van der Waals surface area contributed by atoms with Gasteiger partial charge in [-0.3, -0.25) is 9.59 Å². The summed E-state index contributed by atoms with van der Waals surface area (Å²) in [6, 6.07) is -0.119. The minimum absolute atomic E-state index is 0.0755. The monoisotopic (exact) mass is 300 g/mol. The number of hydrogen-bond acceptors (Lipinski definition) is 4. The third-order valence-electron chi connectivity index (χ3n) is 4.18. The van der Waals surface area contributed by atoms with Gasteiger partial charge in [0, 0.05) is 24.5 Å². The van der Waals surface area contributed by atoms with Crippen LogP contribution in [-0.2, 0) is 9.59 Å². The molecule has 0 aromatic rings. The highest BCUT2D eigenvalue weighted by atomic mass is 32.2. The molecule has 114 valence electrons. The maximum Gasteiger partial charge on any atom is 0.305 e. The van der Waals surface area contributed by atoms with E-state index < -0.39 is 5.97 Å². The number of hydrogen-bond donors (Lipinski definition) is 2. The van der Waals surface area contributed by atoms with Gasteiger partial charge in [0.2, 0.25) is 5.91 Å². The van der Waals surface area contributed by atoms with Crippen LogP contribution in [0.15, 0.2) is 0 Å². The fourth-order valence-corrected chi connectivity index (χ4v) is 4.06. The summed E-state index contributed by atoms with van der Waals surface area (Å²) < 4.78 is 0. The van der Waals surface area contributed by atoms with Crippen LogP contribution >= 0.6 is 11.8 Å². The lowest BCUT2D eigenvalue weighted by atomic mass is 9.93. The van der Waals surface area contributed by atoms with Gasteiger partial charge in [-0.25, -0.2) is 0 Å². The first-order chi connectivity index (χ1) is 9.66. The fourth-order valence-electron chi connectivity index (χ4n) is 3.00. The van der Waals surface area contributed by atoms with E-state index in [1.807, 2.05) is 4.90 Å². The van der Waals surface area contributed by atoms with Crippen molar-refractivity contribution < 1.29 is 14.7 Å². The number of nitrogens with one attached hydrogen (secondary N) is 1. The van der Waals surface area contributed by atoms with E-state index in [0.717, 1.165) is 43.9 Å². The van der Waals surface area contributed by atoms with Gasteiger partial charge in [0.1, 0.15) is 0 Å². The maximum absolute atomic E-state index is 12.3. The Labute approximate surface area is 124 Å². The average molecular weight is 300 g/mol. The van der Waals surface area contributed by atoms with Gasteiger partial charge in [-0.05, 0) is 38.3 Å². The second-order valence-corrected chi connectivity index (χ2v) is 6.80. The van der Waals surface area contributed by atoms with Gasteiger partial charge in [-0.2, -0.15) is 11.8 Å². The Kier molecular flexibility index (Phi) is 6.16. The Morgan fingerprint density at radius 2 is 2.05 bits per heavy atom. The van der Waals surface area contributed by atoms with Crippen LogP contribution in [0.25, 0.3) is 0 Å². The number of carbonyl (C=O) groups excluding carboxylic acids is 1. The van der Waals surface area contributed by atoms with Gasteiger partial charge < -0.3 is 15.3 Å². The summed E-state index contributed by atoms with van der Waals surface area (Å²) in [6.45, 7) is 2.81. The van der Waals surface area contributed by atoms with Crippen molar-refractivity contribution in [3.8, 4) is 0 Å². The standard InChI is InChI=1S/C14H24N2O3S/c17-13(2-1-11-3-5-15-6-4-11)16-7-8-20-10-12(16)9-14(18)19/h11-12,15H,1-10H2,(H,18,19). The van der Waals surface area contributed by atoms with Crippen LogP contribution in [0, 0.1) is 5.92 Å². The van der Waals surface area contributed by atoms with Gasteiger partial charge in [-0.1, -0.05) is 0 Å². The molecule has 2 rings (SSSR count). The van der Waals surface area contributed by atoms with Crippen LogP contribution in [-0.4, -0.2) is 59.1 Å². The molecule has 0 bridgehead atoms. The van der Waals surface area contributed by atoms with Crippen LogP contribution in [0.1, 0.15) is 32.1 Å². The van der Waals surface area contributed by atoms with E-state index in [-0.39, 0.29) is 18.4 Å². The Hall–Kier alpha value is -0.750. The molecule has 2 aliphatic rings. The molecule has 20 heavy (non-hydrogen) atoms. The number of nitrogens with zero attached hydrogens (tertiary/aromatic N) is 1. The highest BCUT2D eigenvalue weighted by Crippen LogP contribution is 2.23. The summed E-state index contributed by atoms with van der Waals surface area (Å²) in [5.74, 6) is 1.67. The Bertz CT molecular complexity index is 345. The highest BCUT2D eigenvalue weighted by molar-refractivity contribution is 7.99. The number of thioether (sulfide) groups is 1. The van der Waals surface area contributed by atoms with Crippen molar-refractivity contribution in [2.24, 2.45) is 5.92 Å². The molecule has 2 aliphatic heterocycles. The van der Waals surface area contributed by atoms with Crippen molar-refractivity contribution in [1.82, 2.24) is 10.2 Å². The van der Waals surface area contributed by atoms with E-state index in [1.165, 1.54) is 0 Å². The lowest BCUT2D eigenvalue weighted by Crippen LogP contribution is -2.47. The number of carbonyl (C=O) groups is 2. The van der Waals surface area contributed by atoms with E-state index in [1.54, 1.807) is 11.8 Å². The molecule has 2 heterocycles. The molecule has 1 unspecified atom stereocenters. The third-order valence-corrected chi connectivity index (χ3v) is 5.28. The molecule has 5 nitrogen and oxygen atoms in total. The molecule has 2 N–H and O–H groups in total. The summed E-state index contributed by atoms with van der Waals surface area (Å²) in [6.07, 6.45) is 3.91. The zero-order valence-corrected chi connectivity index (χ0v) is 12.7. The minimum Gasteiger partial charge on any atom is -0.481 e. The van der Waals surface area contributed by atoms with Gasteiger partial charge >= 0.3 is 5.97 Å². The first-order valence-electron chi connectivity index (χ1n) is 7.46. The molecule has 2 saturated heterocycles.